The van der Waals surface area contributed by atoms with Gasteiger partial charge in [0.05, 0.1) is 13.2 Å². The second-order valence-corrected chi connectivity index (χ2v) is 5.41. The molecule has 1 rings (SSSR count). The molecule has 19 heavy (non-hydrogen) atoms. The van der Waals surface area contributed by atoms with E-state index < -0.39 is 0 Å². The van der Waals surface area contributed by atoms with Crippen molar-refractivity contribution < 1.29 is 4.74 Å². The van der Waals surface area contributed by atoms with E-state index in [9.17, 15) is 0 Å². The maximum Gasteiger partial charge on any atom is 0.119 e. The quantitative estimate of drug-likeness (QED) is 0.822. The third kappa shape index (κ3) is 4.22. The summed E-state index contributed by atoms with van der Waals surface area (Å²) in [7, 11) is 1.70. The minimum absolute atomic E-state index is 0.0843. The van der Waals surface area contributed by atoms with Crippen LogP contribution in [0.5, 0.6) is 5.75 Å². The fourth-order valence-electron chi connectivity index (χ4n) is 2.60. The number of hydrogen-bond donors (Lipinski definition) is 1. The highest BCUT2D eigenvalue weighted by atomic mass is 16.5. The van der Waals surface area contributed by atoms with Gasteiger partial charge in [-0.25, -0.2) is 0 Å². The Morgan fingerprint density at radius 3 is 2.42 bits per heavy atom. The van der Waals surface area contributed by atoms with Gasteiger partial charge in [-0.15, -0.1) is 0 Å². The van der Waals surface area contributed by atoms with Crippen molar-refractivity contribution in [3.05, 3.63) is 29.8 Å². The Morgan fingerprint density at radius 1 is 1.26 bits per heavy atom. The standard InChI is InChI=1S/C16H28N2O/c1-6-10-18(12(2)3)16(13(4)17)14-8-7-9-15(11-14)19-5/h7-9,11-13,16H,6,10,17H2,1-5H3. The van der Waals surface area contributed by atoms with Crippen molar-refractivity contribution in [2.24, 2.45) is 5.73 Å². The van der Waals surface area contributed by atoms with Gasteiger partial charge in [0.25, 0.3) is 0 Å². The van der Waals surface area contributed by atoms with Gasteiger partial charge in [-0.2, -0.15) is 0 Å². The predicted molar refractivity (Wildman–Crippen MR) is 81.5 cm³/mol. The normalized spacial score (nSPS) is 14.7. The van der Waals surface area contributed by atoms with Crippen LogP contribution in [0.15, 0.2) is 24.3 Å². The first kappa shape index (κ1) is 16.0. The molecule has 0 saturated carbocycles. The van der Waals surface area contributed by atoms with Crippen LogP contribution in [-0.4, -0.2) is 30.6 Å². The molecule has 0 aliphatic rings. The largest absolute Gasteiger partial charge is 0.497 e. The van der Waals surface area contributed by atoms with E-state index in [0.717, 1.165) is 18.7 Å². The molecule has 2 N–H and O–H groups in total. The molecule has 0 bridgehead atoms. The molecule has 2 unspecified atom stereocenters. The molecule has 0 fully saturated rings. The van der Waals surface area contributed by atoms with Gasteiger partial charge in [-0.05, 0) is 51.4 Å². The monoisotopic (exact) mass is 264 g/mol. The Morgan fingerprint density at radius 2 is 1.95 bits per heavy atom. The van der Waals surface area contributed by atoms with Crippen LogP contribution in [0.3, 0.4) is 0 Å². The third-order valence-electron chi connectivity index (χ3n) is 3.44. The summed E-state index contributed by atoms with van der Waals surface area (Å²) in [5, 5.41) is 0. The van der Waals surface area contributed by atoms with Crippen LogP contribution in [0.2, 0.25) is 0 Å². The maximum atomic E-state index is 6.25. The average Bonchev–Trinajstić information content (AvgIpc) is 2.38. The molecule has 0 aromatic heterocycles. The van der Waals surface area contributed by atoms with E-state index in [0.29, 0.717) is 6.04 Å². The topological polar surface area (TPSA) is 38.5 Å². The molecular formula is C16H28N2O. The van der Waals surface area contributed by atoms with Crippen LogP contribution in [0.4, 0.5) is 0 Å². The lowest BCUT2D eigenvalue weighted by molar-refractivity contribution is 0.136. The molecule has 0 aliphatic carbocycles. The highest BCUT2D eigenvalue weighted by Gasteiger charge is 2.25. The van der Waals surface area contributed by atoms with Crippen molar-refractivity contribution in [3.63, 3.8) is 0 Å². The molecule has 1 aromatic rings. The smallest absolute Gasteiger partial charge is 0.119 e. The molecular weight excluding hydrogens is 236 g/mol. The highest BCUT2D eigenvalue weighted by molar-refractivity contribution is 5.31. The van der Waals surface area contributed by atoms with Crippen molar-refractivity contribution in [3.8, 4) is 5.75 Å². The van der Waals surface area contributed by atoms with Crippen LogP contribution in [0.25, 0.3) is 0 Å². The summed E-state index contributed by atoms with van der Waals surface area (Å²) in [4.78, 5) is 2.47. The number of nitrogens with two attached hydrogens (primary N) is 1. The Hall–Kier alpha value is -1.06. The molecule has 108 valence electrons. The molecule has 0 saturated heterocycles. The van der Waals surface area contributed by atoms with Gasteiger partial charge in [-0.1, -0.05) is 19.1 Å². The summed E-state index contributed by atoms with van der Waals surface area (Å²) in [6, 6.07) is 9.04. The lowest BCUT2D eigenvalue weighted by atomic mass is 9.97. The number of hydrogen-bond acceptors (Lipinski definition) is 3. The summed E-state index contributed by atoms with van der Waals surface area (Å²) in [6.45, 7) is 9.80. The highest BCUT2D eigenvalue weighted by Crippen LogP contribution is 2.28. The van der Waals surface area contributed by atoms with E-state index in [1.54, 1.807) is 7.11 Å². The van der Waals surface area contributed by atoms with Crippen molar-refractivity contribution in [2.75, 3.05) is 13.7 Å². The summed E-state index contributed by atoms with van der Waals surface area (Å²) in [5.74, 6) is 0.892. The molecule has 0 aliphatic heterocycles. The second kappa shape index (κ2) is 7.51. The van der Waals surface area contributed by atoms with E-state index in [2.05, 4.69) is 44.7 Å². The lowest BCUT2D eigenvalue weighted by Gasteiger charge is -2.37. The van der Waals surface area contributed by atoms with Crippen LogP contribution < -0.4 is 10.5 Å². The SMILES string of the molecule is CCCN(C(C)C)C(c1cccc(OC)c1)C(C)N. The Balaban J connectivity index is 3.10. The van der Waals surface area contributed by atoms with Crippen LogP contribution >= 0.6 is 0 Å². The molecule has 1 aromatic carbocycles. The lowest BCUT2D eigenvalue weighted by Crippen LogP contribution is -2.43. The van der Waals surface area contributed by atoms with Gasteiger partial charge in [0.1, 0.15) is 5.75 Å². The van der Waals surface area contributed by atoms with Crippen LogP contribution in [0, 0.1) is 0 Å². The van der Waals surface area contributed by atoms with Crippen LogP contribution in [0.1, 0.15) is 45.7 Å². The van der Waals surface area contributed by atoms with Gasteiger partial charge in [0.15, 0.2) is 0 Å². The molecule has 0 heterocycles. The number of nitrogens with zero attached hydrogens (tertiary/aromatic N) is 1. The van der Waals surface area contributed by atoms with E-state index in [1.165, 1.54) is 5.56 Å². The average molecular weight is 264 g/mol. The zero-order valence-corrected chi connectivity index (χ0v) is 12.9. The van der Waals surface area contributed by atoms with Crippen LogP contribution in [-0.2, 0) is 0 Å². The summed E-state index contributed by atoms with van der Waals surface area (Å²) < 4.78 is 5.33. The molecule has 0 amide bonds. The molecule has 3 nitrogen and oxygen atoms in total. The van der Waals surface area contributed by atoms with Gasteiger partial charge in [0.2, 0.25) is 0 Å². The number of ether oxygens (including phenoxy) is 1. The first-order chi connectivity index (χ1) is 9.01. The first-order valence-electron chi connectivity index (χ1n) is 7.16. The van der Waals surface area contributed by atoms with E-state index in [1.807, 2.05) is 12.1 Å². The van der Waals surface area contributed by atoms with Gasteiger partial charge in [0, 0.05) is 12.1 Å². The Bertz CT molecular complexity index is 377. The number of benzene rings is 1. The first-order valence-corrected chi connectivity index (χ1v) is 7.16. The Labute approximate surface area is 117 Å². The fourth-order valence-corrected chi connectivity index (χ4v) is 2.60. The number of rotatable bonds is 7. The zero-order chi connectivity index (χ0) is 14.4. The minimum atomic E-state index is 0.0843. The van der Waals surface area contributed by atoms with Gasteiger partial charge in [-0.3, -0.25) is 4.90 Å². The minimum Gasteiger partial charge on any atom is -0.497 e. The van der Waals surface area contributed by atoms with E-state index >= 15 is 0 Å². The van der Waals surface area contributed by atoms with Crippen molar-refractivity contribution >= 4 is 0 Å². The Kier molecular flexibility index (Phi) is 6.32. The van der Waals surface area contributed by atoms with E-state index in [-0.39, 0.29) is 12.1 Å². The van der Waals surface area contributed by atoms with Crippen molar-refractivity contribution in [2.45, 2.75) is 52.2 Å². The molecule has 2 atom stereocenters. The molecule has 0 spiro atoms. The van der Waals surface area contributed by atoms with Crippen molar-refractivity contribution in [1.29, 1.82) is 0 Å². The summed E-state index contributed by atoms with van der Waals surface area (Å²) >= 11 is 0. The third-order valence-corrected chi connectivity index (χ3v) is 3.44. The summed E-state index contributed by atoms with van der Waals surface area (Å²) in [5.41, 5.74) is 7.48. The molecule has 3 heteroatoms. The zero-order valence-electron chi connectivity index (χ0n) is 12.9. The predicted octanol–water partition coefficient (Wildman–Crippen LogP) is 3.20. The maximum absolute atomic E-state index is 6.25. The number of methoxy groups -OCH3 is 1. The molecule has 0 radical (unpaired) electrons. The second-order valence-electron chi connectivity index (χ2n) is 5.41. The van der Waals surface area contributed by atoms with Gasteiger partial charge < -0.3 is 10.5 Å². The van der Waals surface area contributed by atoms with Gasteiger partial charge >= 0.3 is 0 Å². The van der Waals surface area contributed by atoms with E-state index in [4.69, 9.17) is 10.5 Å². The fraction of sp³-hybridized carbons (Fsp3) is 0.625. The summed E-state index contributed by atoms with van der Waals surface area (Å²) in [6.07, 6.45) is 1.13. The van der Waals surface area contributed by atoms with Crippen molar-refractivity contribution in [1.82, 2.24) is 4.90 Å².